The van der Waals surface area contributed by atoms with E-state index in [-0.39, 0.29) is 5.91 Å². The summed E-state index contributed by atoms with van der Waals surface area (Å²) in [6, 6.07) is 8.20. The van der Waals surface area contributed by atoms with Gasteiger partial charge >= 0.3 is 0 Å². The van der Waals surface area contributed by atoms with Crippen LogP contribution in [0.3, 0.4) is 0 Å². The van der Waals surface area contributed by atoms with Gasteiger partial charge < -0.3 is 10.3 Å². The van der Waals surface area contributed by atoms with Crippen molar-refractivity contribution < 1.29 is 4.79 Å². The predicted molar refractivity (Wildman–Crippen MR) is 82.6 cm³/mol. The highest BCUT2D eigenvalue weighted by molar-refractivity contribution is 7.98. The van der Waals surface area contributed by atoms with Crippen LogP contribution in [0.4, 0.5) is 0 Å². The van der Waals surface area contributed by atoms with E-state index in [1.807, 2.05) is 30.1 Å². The van der Waals surface area contributed by atoms with Crippen LogP contribution in [0.2, 0.25) is 0 Å². The number of aryl methyl sites for hydroxylation is 1. The van der Waals surface area contributed by atoms with E-state index in [0.717, 1.165) is 30.7 Å². The summed E-state index contributed by atoms with van der Waals surface area (Å²) in [7, 11) is 0. The second kappa shape index (κ2) is 7.24. The number of fused-ring (bicyclic) bond motifs is 1. The summed E-state index contributed by atoms with van der Waals surface area (Å²) in [4.78, 5) is 14.9. The van der Waals surface area contributed by atoms with Crippen LogP contribution in [0.15, 0.2) is 30.5 Å². The van der Waals surface area contributed by atoms with Gasteiger partial charge in [0.2, 0.25) is 5.91 Å². The van der Waals surface area contributed by atoms with Gasteiger partial charge in [-0.25, -0.2) is 0 Å². The first-order chi connectivity index (χ1) is 9.31. The number of amides is 1. The summed E-state index contributed by atoms with van der Waals surface area (Å²) >= 11 is 1.81. The van der Waals surface area contributed by atoms with Crippen molar-refractivity contribution in [2.45, 2.75) is 19.3 Å². The molecule has 0 aliphatic rings. The molecular formula is C15H20N2OS. The SMILES string of the molecule is CSCCCNC(=O)CCc1c[nH]c2ccccc12. The quantitative estimate of drug-likeness (QED) is 0.764. The normalized spacial score (nSPS) is 10.8. The van der Waals surface area contributed by atoms with E-state index < -0.39 is 0 Å². The van der Waals surface area contributed by atoms with Crippen LogP contribution in [-0.2, 0) is 11.2 Å². The lowest BCUT2D eigenvalue weighted by atomic mass is 10.1. The van der Waals surface area contributed by atoms with Crippen molar-refractivity contribution in [2.75, 3.05) is 18.6 Å². The van der Waals surface area contributed by atoms with Crippen LogP contribution in [0.5, 0.6) is 0 Å². The van der Waals surface area contributed by atoms with E-state index in [4.69, 9.17) is 0 Å². The number of thioether (sulfide) groups is 1. The Morgan fingerprint density at radius 1 is 1.37 bits per heavy atom. The summed E-state index contributed by atoms with van der Waals surface area (Å²) in [6.07, 6.45) is 6.48. The second-order valence-electron chi connectivity index (χ2n) is 4.56. The third kappa shape index (κ3) is 4.03. The number of aromatic amines is 1. The third-order valence-corrected chi connectivity index (χ3v) is 3.84. The largest absolute Gasteiger partial charge is 0.361 e. The van der Waals surface area contributed by atoms with Crippen LogP contribution in [-0.4, -0.2) is 29.4 Å². The fraction of sp³-hybridized carbons (Fsp3) is 0.400. The van der Waals surface area contributed by atoms with E-state index >= 15 is 0 Å². The molecule has 1 amide bonds. The Bertz CT molecular complexity index is 536. The van der Waals surface area contributed by atoms with Crippen molar-refractivity contribution in [1.82, 2.24) is 10.3 Å². The molecular weight excluding hydrogens is 256 g/mol. The first-order valence-electron chi connectivity index (χ1n) is 6.62. The van der Waals surface area contributed by atoms with Gasteiger partial charge in [0.15, 0.2) is 0 Å². The lowest BCUT2D eigenvalue weighted by molar-refractivity contribution is -0.121. The molecule has 4 heteroatoms. The van der Waals surface area contributed by atoms with Crippen LogP contribution in [0.25, 0.3) is 10.9 Å². The molecule has 1 aromatic carbocycles. The highest BCUT2D eigenvalue weighted by atomic mass is 32.2. The number of hydrogen-bond donors (Lipinski definition) is 2. The molecule has 2 aromatic rings. The van der Waals surface area contributed by atoms with Crippen molar-refractivity contribution in [3.05, 3.63) is 36.0 Å². The number of carbonyl (C=O) groups excluding carboxylic acids is 1. The number of para-hydroxylation sites is 1. The van der Waals surface area contributed by atoms with Gasteiger partial charge in [-0.2, -0.15) is 11.8 Å². The molecule has 0 fully saturated rings. The van der Waals surface area contributed by atoms with Crippen molar-refractivity contribution >= 4 is 28.6 Å². The van der Waals surface area contributed by atoms with E-state index in [9.17, 15) is 4.79 Å². The second-order valence-corrected chi connectivity index (χ2v) is 5.54. The molecule has 0 atom stereocenters. The molecule has 0 bridgehead atoms. The molecule has 0 saturated carbocycles. The van der Waals surface area contributed by atoms with Gasteiger partial charge in [0.05, 0.1) is 0 Å². The Balaban J connectivity index is 1.80. The minimum Gasteiger partial charge on any atom is -0.361 e. The fourth-order valence-corrected chi connectivity index (χ4v) is 2.55. The van der Waals surface area contributed by atoms with E-state index in [1.165, 1.54) is 10.9 Å². The Labute approximate surface area is 118 Å². The minimum atomic E-state index is 0.145. The molecule has 0 aliphatic carbocycles. The van der Waals surface area contributed by atoms with Crippen molar-refractivity contribution in [2.24, 2.45) is 0 Å². The smallest absolute Gasteiger partial charge is 0.220 e. The molecule has 0 aliphatic heterocycles. The maximum Gasteiger partial charge on any atom is 0.220 e. The standard InChI is InChI=1S/C15H20N2OS/c1-19-10-4-9-16-15(18)8-7-12-11-17-14-6-3-2-5-13(12)14/h2-3,5-6,11,17H,4,7-10H2,1H3,(H,16,18). The van der Waals surface area contributed by atoms with E-state index in [2.05, 4.69) is 28.7 Å². The molecule has 1 heterocycles. The van der Waals surface area contributed by atoms with Crippen LogP contribution in [0, 0.1) is 0 Å². The summed E-state index contributed by atoms with van der Waals surface area (Å²) in [5.74, 6) is 1.24. The number of nitrogens with one attached hydrogen (secondary N) is 2. The molecule has 1 aromatic heterocycles. The maximum atomic E-state index is 11.7. The molecule has 2 N–H and O–H groups in total. The van der Waals surface area contributed by atoms with Crippen molar-refractivity contribution in [3.8, 4) is 0 Å². The number of H-pyrrole nitrogens is 1. The number of aromatic nitrogens is 1. The van der Waals surface area contributed by atoms with Crippen LogP contribution < -0.4 is 5.32 Å². The van der Waals surface area contributed by atoms with Gasteiger partial charge in [-0.3, -0.25) is 4.79 Å². The third-order valence-electron chi connectivity index (χ3n) is 3.14. The van der Waals surface area contributed by atoms with Gasteiger partial charge in [0.25, 0.3) is 0 Å². The zero-order chi connectivity index (χ0) is 13.5. The molecule has 102 valence electrons. The first-order valence-corrected chi connectivity index (χ1v) is 8.01. The number of carbonyl (C=O) groups is 1. The van der Waals surface area contributed by atoms with Crippen LogP contribution >= 0.6 is 11.8 Å². The Hall–Kier alpha value is -1.42. The number of benzene rings is 1. The predicted octanol–water partition coefficient (Wildman–Crippen LogP) is 2.97. The number of hydrogen-bond acceptors (Lipinski definition) is 2. The van der Waals surface area contributed by atoms with Crippen molar-refractivity contribution in [3.63, 3.8) is 0 Å². The zero-order valence-electron chi connectivity index (χ0n) is 11.2. The van der Waals surface area contributed by atoms with Gasteiger partial charge in [0, 0.05) is 30.1 Å². The molecule has 0 saturated heterocycles. The molecule has 0 spiro atoms. The summed E-state index contributed by atoms with van der Waals surface area (Å²) in [5.41, 5.74) is 2.35. The zero-order valence-corrected chi connectivity index (χ0v) is 12.1. The fourth-order valence-electron chi connectivity index (χ4n) is 2.12. The Morgan fingerprint density at radius 2 is 2.21 bits per heavy atom. The summed E-state index contributed by atoms with van der Waals surface area (Å²) in [6.45, 7) is 0.785. The van der Waals surface area contributed by atoms with Crippen LogP contribution in [0.1, 0.15) is 18.4 Å². The van der Waals surface area contributed by atoms with Gasteiger partial charge in [-0.1, -0.05) is 18.2 Å². The maximum absolute atomic E-state index is 11.7. The highest BCUT2D eigenvalue weighted by Gasteiger charge is 2.06. The monoisotopic (exact) mass is 276 g/mol. The highest BCUT2D eigenvalue weighted by Crippen LogP contribution is 2.18. The van der Waals surface area contributed by atoms with E-state index in [0.29, 0.717) is 6.42 Å². The van der Waals surface area contributed by atoms with Gasteiger partial charge in [-0.05, 0) is 36.5 Å². The van der Waals surface area contributed by atoms with Crippen molar-refractivity contribution in [1.29, 1.82) is 0 Å². The van der Waals surface area contributed by atoms with E-state index in [1.54, 1.807) is 0 Å². The average Bonchev–Trinajstić information content (AvgIpc) is 2.85. The molecule has 2 rings (SSSR count). The molecule has 0 radical (unpaired) electrons. The Kier molecular flexibility index (Phi) is 5.33. The summed E-state index contributed by atoms with van der Waals surface area (Å²) < 4.78 is 0. The Morgan fingerprint density at radius 3 is 3.05 bits per heavy atom. The summed E-state index contributed by atoms with van der Waals surface area (Å²) in [5, 5.41) is 4.19. The molecule has 19 heavy (non-hydrogen) atoms. The topological polar surface area (TPSA) is 44.9 Å². The molecule has 3 nitrogen and oxygen atoms in total. The minimum absolute atomic E-state index is 0.145. The lowest BCUT2D eigenvalue weighted by Gasteiger charge is -2.04. The van der Waals surface area contributed by atoms with Gasteiger partial charge in [0.1, 0.15) is 0 Å². The van der Waals surface area contributed by atoms with Gasteiger partial charge in [-0.15, -0.1) is 0 Å². The average molecular weight is 276 g/mol. The lowest BCUT2D eigenvalue weighted by Crippen LogP contribution is -2.24. The molecule has 0 unspecified atom stereocenters. The first kappa shape index (κ1) is 14.0. The number of rotatable bonds is 7.